The van der Waals surface area contributed by atoms with E-state index >= 15 is 0 Å². The largest absolute Gasteiger partial charge is 0.396 e. The molecule has 1 fully saturated rings. The SMILES string of the molecule is OCCCCc1cc(CNC2CC2)nn1-c1ccccc1. The fourth-order valence-corrected chi connectivity index (χ4v) is 2.49. The van der Waals surface area contributed by atoms with E-state index in [1.807, 2.05) is 22.9 Å². The van der Waals surface area contributed by atoms with Gasteiger partial charge in [0.2, 0.25) is 0 Å². The van der Waals surface area contributed by atoms with Gasteiger partial charge < -0.3 is 10.4 Å². The Morgan fingerprint density at radius 2 is 2.00 bits per heavy atom. The molecule has 0 saturated heterocycles. The molecule has 1 aliphatic rings. The molecule has 0 amide bonds. The number of aliphatic hydroxyl groups excluding tert-OH is 1. The normalized spacial score (nSPS) is 14.5. The third-order valence-electron chi connectivity index (χ3n) is 3.82. The second-order valence-electron chi connectivity index (χ2n) is 5.71. The Morgan fingerprint density at radius 3 is 2.71 bits per heavy atom. The quantitative estimate of drug-likeness (QED) is 0.732. The summed E-state index contributed by atoms with van der Waals surface area (Å²) in [6.45, 7) is 1.10. The van der Waals surface area contributed by atoms with Crippen LogP contribution in [0.2, 0.25) is 0 Å². The predicted molar refractivity (Wildman–Crippen MR) is 83.4 cm³/mol. The number of aliphatic hydroxyl groups is 1. The number of hydrogen-bond acceptors (Lipinski definition) is 3. The summed E-state index contributed by atoms with van der Waals surface area (Å²) in [6.07, 6.45) is 5.37. The maximum atomic E-state index is 8.96. The molecule has 1 aromatic heterocycles. The number of rotatable bonds is 8. The highest BCUT2D eigenvalue weighted by Crippen LogP contribution is 2.20. The molecule has 0 spiro atoms. The van der Waals surface area contributed by atoms with Crippen LogP contribution < -0.4 is 5.32 Å². The van der Waals surface area contributed by atoms with Gasteiger partial charge in [0.15, 0.2) is 0 Å². The van der Waals surface area contributed by atoms with Crippen LogP contribution in [0, 0.1) is 0 Å². The molecule has 1 saturated carbocycles. The van der Waals surface area contributed by atoms with E-state index in [9.17, 15) is 0 Å². The lowest BCUT2D eigenvalue weighted by molar-refractivity contribution is 0.284. The number of hydrogen-bond donors (Lipinski definition) is 2. The molecule has 0 aliphatic heterocycles. The van der Waals surface area contributed by atoms with Crippen molar-refractivity contribution in [3.05, 3.63) is 47.8 Å². The summed E-state index contributed by atoms with van der Waals surface area (Å²) in [5, 5.41) is 17.2. The van der Waals surface area contributed by atoms with E-state index in [0.717, 1.165) is 37.2 Å². The Morgan fingerprint density at radius 1 is 1.19 bits per heavy atom. The predicted octanol–water partition coefficient (Wildman–Crippen LogP) is 2.44. The first-order valence-electron chi connectivity index (χ1n) is 7.84. The Kier molecular flexibility index (Phi) is 4.68. The van der Waals surface area contributed by atoms with Gasteiger partial charge in [0, 0.05) is 24.9 Å². The van der Waals surface area contributed by atoms with E-state index in [0.29, 0.717) is 6.04 Å². The molecule has 2 N–H and O–H groups in total. The van der Waals surface area contributed by atoms with Crippen LogP contribution in [-0.2, 0) is 13.0 Å². The number of aryl methyl sites for hydroxylation is 1. The number of unbranched alkanes of at least 4 members (excludes halogenated alkanes) is 1. The molecule has 4 nitrogen and oxygen atoms in total. The minimum Gasteiger partial charge on any atom is -0.396 e. The monoisotopic (exact) mass is 285 g/mol. The summed E-state index contributed by atoms with van der Waals surface area (Å²) < 4.78 is 2.04. The van der Waals surface area contributed by atoms with Gasteiger partial charge >= 0.3 is 0 Å². The second-order valence-corrected chi connectivity index (χ2v) is 5.71. The van der Waals surface area contributed by atoms with Crippen LogP contribution in [0.1, 0.15) is 37.1 Å². The number of aromatic nitrogens is 2. The summed E-state index contributed by atoms with van der Waals surface area (Å²) >= 11 is 0. The molecule has 112 valence electrons. The molecule has 0 atom stereocenters. The first-order valence-corrected chi connectivity index (χ1v) is 7.84. The first-order chi connectivity index (χ1) is 10.4. The van der Waals surface area contributed by atoms with Crippen LogP contribution in [0.25, 0.3) is 5.69 Å². The van der Waals surface area contributed by atoms with Gasteiger partial charge in [-0.05, 0) is 50.3 Å². The van der Waals surface area contributed by atoms with Crippen molar-refractivity contribution >= 4 is 0 Å². The third-order valence-corrected chi connectivity index (χ3v) is 3.82. The van der Waals surface area contributed by atoms with E-state index in [1.54, 1.807) is 0 Å². The number of benzene rings is 1. The lowest BCUT2D eigenvalue weighted by Gasteiger charge is -2.06. The van der Waals surface area contributed by atoms with Crippen LogP contribution in [0.4, 0.5) is 0 Å². The topological polar surface area (TPSA) is 50.1 Å². The van der Waals surface area contributed by atoms with Crippen LogP contribution in [0.3, 0.4) is 0 Å². The molecule has 1 aliphatic carbocycles. The van der Waals surface area contributed by atoms with Crippen molar-refractivity contribution in [2.24, 2.45) is 0 Å². The molecular formula is C17H23N3O. The smallest absolute Gasteiger partial charge is 0.0769 e. The zero-order valence-corrected chi connectivity index (χ0v) is 12.3. The van der Waals surface area contributed by atoms with Gasteiger partial charge in [-0.3, -0.25) is 0 Å². The highest BCUT2D eigenvalue weighted by molar-refractivity contribution is 5.33. The molecule has 21 heavy (non-hydrogen) atoms. The van der Waals surface area contributed by atoms with E-state index in [2.05, 4.69) is 23.5 Å². The average molecular weight is 285 g/mol. The van der Waals surface area contributed by atoms with Crippen molar-refractivity contribution in [1.82, 2.24) is 15.1 Å². The lowest BCUT2D eigenvalue weighted by atomic mass is 10.2. The summed E-state index contributed by atoms with van der Waals surface area (Å²) in [5.41, 5.74) is 3.43. The van der Waals surface area contributed by atoms with Crippen LogP contribution in [0.5, 0.6) is 0 Å². The molecule has 1 heterocycles. The highest BCUT2D eigenvalue weighted by atomic mass is 16.2. The van der Waals surface area contributed by atoms with Crippen LogP contribution >= 0.6 is 0 Å². The minimum atomic E-state index is 0.259. The van der Waals surface area contributed by atoms with Crippen molar-refractivity contribution < 1.29 is 5.11 Å². The van der Waals surface area contributed by atoms with Crippen molar-refractivity contribution in [3.63, 3.8) is 0 Å². The molecule has 4 heteroatoms. The van der Waals surface area contributed by atoms with Gasteiger partial charge in [0.25, 0.3) is 0 Å². The maximum Gasteiger partial charge on any atom is 0.0769 e. The molecule has 0 unspecified atom stereocenters. The summed E-state index contributed by atoms with van der Waals surface area (Å²) in [6, 6.07) is 13.2. The second kappa shape index (κ2) is 6.87. The average Bonchev–Trinajstić information content (AvgIpc) is 3.26. The molecule has 0 radical (unpaired) electrons. The standard InChI is InChI=1S/C17H23N3O/c21-11-5-4-8-17-12-15(13-18-14-9-10-14)19-20(17)16-6-2-1-3-7-16/h1-3,6-7,12,14,18,21H,4-5,8-11,13H2. The van der Waals surface area contributed by atoms with Gasteiger partial charge in [-0.1, -0.05) is 18.2 Å². The number of para-hydroxylation sites is 1. The number of nitrogens with one attached hydrogen (secondary N) is 1. The van der Waals surface area contributed by atoms with Crippen molar-refractivity contribution in [1.29, 1.82) is 0 Å². The third kappa shape index (κ3) is 3.93. The van der Waals surface area contributed by atoms with Crippen molar-refractivity contribution in [2.75, 3.05) is 6.61 Å². The summed E-state index contributed by atoms with van der Waals surface area (Å²) in [5.74, 6) is 0. The van der Waals surface area contributed by atoms with Crippen molar-refractivity contribution in [2.45, 2.75) is 44.7 Å². The molecule has 2 aromatic rings. The summed E-state index contributed by atoms with van der Waals surface area (Å²) in [7, 11) is 0. The van der Waals surface area contributed by atoms with E-state index < -0.39 is 0 Å². The zero-order valence-electron chi connectivity index (χ0n) is 12.3. The minimum absolute atomic E-state index is 0.259. The van der Waals surface area contributed by atoms with Gasteiger partial charge in [0.05, 0.1) is 11.4 Å². The Balaban J connectivity index is 1.76. The molecule has 0 bridgehead atoms. The van der Waals surface area contributed by atoms with E-state index in [1.165, 1.54) is 18.5 Å². The Labute approximate surface area is 125 Å². The maximum absolute atomic E-state index is 8.96. The zero-order chi connectivity index (χ0) is 14.5. The van der Waals surface area contributed by atoms with Crippen molar-refractivity contribution in [3.8, 4) is 5.69 Å². The van der Waals surface area contributed by atoms with Gasteiger partial charge in [-0.25, -0.2) is 4.68 Å². The molecule has 1 aromatic carbocycles. The highest BCUT2D eigenvalue weighted by Gasteiger charge is 2.20. The van der Waals surface area contributed by atoms with Gasteiger partial charge in [0.1, 0.15) is 0 Å². The molecular weight excluding hydrogens is 262 g/mol. The molecule has 3 rings (SSSR count). The number of nitrogens with zero attached hydrogens (tertiary/aromatic N) is 2. The van der Waals surface area contributed by atoms with E-state index in [-0.39, 0.29) is 6.61 Å². The fraction of sp³-hybridized carbons (Fsp3) is 0.471. The van der Waals surface area contributed by atoms with Gasteiger partial charge in [-0.2, -0.15) is 5.10 Å². The van der Waals surface area contributed by atoms with E-state index in [4.69, 9.17) is 10.2 Å². The first kappa shape index (κ1) is 14.3. The van der Waals surface area contributed by atoms with Crippen LogP contribution in [-0.4, -0.2) is 27.5 Å². The fourth-order valence-electron chi connectivity index (χ4n) is 2.49. The lowest BCUT2D eigenvalue weighted by Crippen LogP contribution is -2.15. The van der Waals surface area contributed by atoms with Crippen LogP contribution in [0.15, 0.2) is 36.4 Å². The Bertz CT molecular complexity index is 561. The summed E-state index contributed by atoms with van der Waals surface area (Å²) in [4.78, 5) is 0. The Hall–Kier alpha value is -1.65. The van der Waals surface area contributed by atoms with Gasteiger partial charge in [-0.15, -0.1) is 0 Å².